The molecule has 1 N–H and O–H groups in total. The van der Waals surface area contributed by atoms with Crippen LogP contribution in [-0.4, -0.2) is 26.2 Å². The lowest BCUT2D eigenvalue weighted by Crippen LogP contribution is -2.08. The number of aromatic nitrogens is 1. The van der Waals surface area contributed by atoms with E-state index in [1.807, 2.05) is 19.1 Å². The zero-order valence-corrected chi connectivity index (χ0v) is 10.3. The van der Waals surface area contributed by atoms with Crippen LogP contribution in [0.4, 0.5) is 5.82 Å². The second-order valence-electron chi connectivity index (χ2n) is 3.41. The first-order valence-electron chi connectivity index (χ1n) is 5.06. The fraction of sp³-hybridized carbons (Fsp3) is 0.364. The quantitative estimate of drug-likeness (QED) is 0.630. The van der Waals surface area contributed by atoms with Crippen LogP contribution < -0.4 is 5.32 Å². The number of anilines is 1. The molecule has 0 amide bonds. The lowest BCUT2D eigenvalue weighted by molar-refractivity contribution is 0.602. The van der Waals surface area contributed by atoms with E-state index in [4.69, 9.17) is 0 Å². The number of rotatable bonds is 5. The molecule has 0 aliphatic rings. The monoisotopic (exact) mass is 240 g/mol. The molecular formula is C11H16N2O2S. The molecule has 0 fully saturated rings. The highest BCUT2D eigenvalue weighted by Gasteiger charge is 2.12. The van der Waals surface area contributed by atoms with Crippen molar-refractivity contribution in [3.63, 3.8) is 0 Å². The van der Waals surface area contributed by atoms with Crippen LogP contribution in [0.25, 0.3) is 0 Å². The Hall–Kier alpha value is -1.36. The van der Waals surface area contributed by atoms with Gasteiger partial charge in [-0.05, 0) is 25.5 Å². The lowest BCUT2D eigenvalue weighted by atomic mass is 10.3. The standard InChI is InChI=1S/C11H16N2O2S/c1-3-4-5-8-12-11-10(16(2,14)15)7-6-9-13-11/h3-4,6-7,9H,5,8H2,1-2H3,(H,12,13)/b4-3+. The molecule has 16 heavy (non-hydrogen) atoms. The van der Waals surface area contributed by atoms with Crippen LogP contribution in [0, 0.1) is 0 Å². The average molecular weight is 240 g/mol. The van der Waals surface area contributed by atoms with Gasteiger partial charge in [0.15, 0.2) is 9.84 Å². The molecule has 0 saturated carbocycles. The molecule has 0 aromatic carbocycles. The van der Waals surface area contributed by atoms with E-state index in [0.29, 0.717) is 12.4 Å². The maximum Gasteiger partial charge on any atom is 0.179 e. The van der Waals surface area contributed by atoms with Gasteiger partial charge in [0.1, 0.15) is 10.7 Å². The molecule has 5 heteroatoms. The molecule has 0 spiro atoms. The predicted octanol–water partition coefficient (Wildman–Crippen LogP) is 1.86. The smallest absolute Gasteiger partial charge is 0.179 e. The number of hydrogen-bond donors (Lipinski definition) is 1. The Morgan fingerprint density at radius 1 is 1.50 bits per heavy atom. The molecule has 1 rings (SSSR count). The summed E-state index contributed by atoms with van der Waals surface area (Å²) in [5.41, 5.74) is 0. The van der Waals surface area contributed by atoms with Crippen molar-refractivity contribution in [2.24, 2.45) is 0 Å². The predicted molar refractivity (Wildman–Crippen MR) is 65.3 cm³/mol. The van der Waals surface area contributed by atoms with Gasteiger partial charge >= 0.3 is 0 Å². The van der Waals surface area contributed by atoms with E-state index >= 15 is 0 Å². The first-order valence-corrected chi connectivity index (χ1v) is 6.95. The van der Waals surface area contributed by atoms with Crippen molar-refractivity contribution in [2.75, 3.05) is 18.1 Å². The molecule has 88 valence electrons. The minimum absolute atomic E-state index is 0.246. The van der Waals surface area contributed by atoms with Crippen LogP contribution >= 0.6 is 0 Å². The van der Waals surface area contributed by atoms with Gasteiger partial charge in [0.2, 0.25) is 0 Å². The maximum absolute atomic E-state index is 11.4. The number of nitrogens with one attached hydrogen (secondary N) is 1. The number of nitrogens with zero attached hydrogens (tertiary/aromatic N) is 1. The second-order valence-corrected chi connectivity index (χ2v) is 5.39. The maximum atomic E-state index is 11.4. The van der Waals surface area contributed by atoms with E-state index in [9.17, 15) is 8.42 Å². The van der Waals surface area contributed by atoms with E-state index in [0.717, 1.165) is 6.42 Å². The van der Waals surface area contributed by atoms with E-state index in [-0.39, 0.29) is 4.90 Å². The van der Waals surface area contributed by atoms with Crippen molar-refractivity contribution in [3.8, 4) is 0 Å². The Labute approximate surface area is 96.3 Å². The molecule has 0 aliphatic carbocycles. The van der Waals surface area contributed by atoms with Crippen molar-refractivity contribution in [3.05, 3.63) is 30.5 Å². The SMILES string of the molecule is C/C=C/CCNc1ncccc1S(C)(=O)=O. The number of hydrogen-bond acceptors (Lipinski definition) is 4. The Bertz CT molecular complexity index is 467. The van der Waals surface area contributed by atoms with E-state index in [1.54, 1.807) is 18.3 Å². The summed E-state index contributed by atoms with van der Waals surface area (Å²) in [6, 6.07) is 3.17. The Morgan fingerprint density at radius 2 is 2.25 bits per heavy atom. The molecule has 1 heterocycles. The van der Waals surface area contributed by atoms with Crippen LogP contribution in [0.5, 0.6) is 0 Å². The minimum Gasteiger partial charge on any atom is -0.369 e. The zero-order valence-electron chi connectivity index (χ0n) is 9.47. The van der Waals surface area contributed by atoms with Gasteiger partial charge in [-0.1, -0.05) is 12.2 Å². The number of sulfone groups is 1. The Balaban J connectivity index is 2.80. The highest BCUT2D eigenvalue weighted by atomic mass is 32.2. The third-order valence-electron chi connectivity index (χ3n) is 2.01. The van der Waals surface area contributed by atoms with Crippen LogP contribution in [0.15, 0.2) is 35.4 Å². The average Bonchev–Trinajstić information content (AvgIpc) is 2.24. The molecule has 0 atom stereocenters. The molecule has 0 unspecified atom stereocenters. The summed E-state index contributed by atoms with van der Waals surface area (Å²) in [6.45, 7) is 2.62. The summed E-state index contributed by atoms with van der Waals surface area (Å²) < 4.78 is 22.9. The number of allylic oxidation sites excluding steroid dienone is 1. The lowest BCUT2D eigenvalue weighted by Gasteiger charge is -2.07. The van der Waals surface area contributed by atoms with Gasteiger partial charge in [-0.3, -0.25) is 0 Å². The normalized spacial score (nSPS) is 11.9. The van der Waals surface area contributed by atoms with Crippen LogP contribution in [0.1, 0.15) is 13.3 Å². The van der Waals surface area contributed by atoms with Crippen molar-refractivity contribution in [1.29, 1.82) is 0 Å². The zero-order chi connectivity index (χ0) is 12.0. The van der Waals surface area contributed by atoms with Gasteiger partial charge in [-0.15, -0.1) is 0 Å². The van der Waals surface area contributed by atoms with Gasteiger partial charge in [-0.2, -0.15) is 0 Å². The van der Waals surface area contributed by atoms with Crippen LogP contribution in [0.3, 0.4) is 0 Å². The van der Waals surface area contributed by atoms with Gasteiger partial charge in [0.25, 0.3) is 0 Å². The summed E-state index contributed by atoms with van der Waals surface area (Å²) in [4.78, 5) is 4.27. The minimum atomic E-state index is -3.22. The fourth-order valence-corrected chi connectivity index (χ4v) is 2.06. The molecule has 0 radical (unpaired) electrons. The van der Waals surface area contributed by atoms with Crippen molar-refractivity contribution >= 4 is 15.7 Å². The molecule has 4 nitrogen and oxygen atoms in total. The Kier molecular flexibility index (Phi) is 4.49. The fourth-order valence-electron chi connectivity index (χ4n) is 1.26. The largest absolute Gasteiger partial charge is 0.369 e. The van der Waals surface area contributed by atoms with Crippen molar-refractivity contribution in [1.82, 2.24) is 4.98 Å². The summed E-state index contributed by atoms with van der Waals surface area (Å²) in [7, 11) is -3.22. The Morgan fingerprint density at radius 3 is 2.88 bits per heavy atom. The molecule has 0 bridgehead atoms. The third kappa shape index (κ3) is 3.66. The number of pyridine rings is 1. The topological polar surface area (TPSA) is 59.1 Å². The van der Waals surface area contributed by atoms with E-state index in [1.165, 1.54) is 6.26 Å². The first kappa shape index (κ1) is 12.7. The third-order valence-corrected chi connectivity index (χ3v) is 3.14. The molecule has 1 aromatic heterocycles. The molecular weight excluding hydrogens is 224 g/mol. The molecule has 0 aliphatic heterocycles. The van der Waals surface area contributed by atoms with E-state index in [2.05, 4.69) is 10.3 Å². The van der Waals surface area contributed by atoms with Crippen molar-refractivity contribution in [2.45, 2.75) is 18.2 Å². The highest BCUT2D eigenvalue weighted by molar-refractivity contribution is 7.90. The molecule has 0 saturated heterocycles. The van der Waals surface area contributed by atoms with Crippen LogP contribution in [0.2, 0.25) is 0 Å². The summed E-state index contributed by atoms with van der Waals surface area (Å²) in [5, 5.41) is 3.01. The van der Waals surface area contributed by atoms with Gasteiger partial charge < -0.3 is 5.32 Å². The van der Waals surface area contributed by atoms with Crippen molar-refractivity contribution < 1.29 is 8.42 Å². The first-order chi connectivity index (χ1) is 7.55. The summed E-state index contributed by atoms with van der Waals surface area (Å²) in [6.07, 6.45) is 7.57. The summed E-state index contributed by atoms with van der Waals surface area (Å²) >= 11 is 0. The van der Waals surface area contributed by atoms with Gasteiger partial charge in [0.05, 0.1) is 0 Å². The van der Waals surface area contributed by atoms with Gasteiger partial charge in [0, 0.05) is 19.0 Å². The summed E-state index contributed by atoms with van der Waals surface area (Å²) in [5.74, 6) is 0.425. The highest BCUT2D eigenvalue weighted by Crippen LogP contribution is 2.17. The van der Waals surface area contributed by atoms with Gasteiger partial charge in [-0.25, -0.2) is 13.4 Å². The second kappa shape index (κ2) is 5.65. The van der Waals surface area contributed by atoms with E-state index < -0.39 is 9.84 Å². The van der Waals surface area contributed by atoms with Crippen LogP contribution in [-0.2, 0) is 9.84 Å². The molecule has 1 aromatic rings.